The number of hydrogen-bond acceptors (Lipinski definition) is 5. The number of carbonyl (C=O) groups excluding carboxylic acids is 1. The summed E-state index contributed by atoms with van der Waals surface area (Å²) in [5.74, 6) is 0.218. The van der Waals surface area contributed by atoms with Crippen molar-refractivity contribution in [2.75, 3.05) is 14.2 Å². The smallest absolute Gasteiger partial charge is 0.266 e. The second-order valence-corrected chi connectivity index (χ2v) is 7.06. The Bertz CT molecular complexity index is 894. The zero-order chi connectivity index (χ0) is 18.6. The molecule has 2 aromatic carbocycles. The van der Waals surface area contributed by atoms with E-state index in [4.69, 9.17) is 9.47 Å². The van der Waals surface area contributed by atoms with E-state index in [1.54, 1.807) is 18.2 Å². The molecule has 0 spiro atoms. The number of hydrazine groups is 1. The molecule has 0 aliphatic heterocycles. The van der Waals surface area contributed by atoms with Crippen LogP contribution in [0, 0.1) is 13.8 Å². The molecule has 0 heterocycles. The second-order valence-electron chi connectivity index (χ2n) is 5.38. The molecule has 2 N–H and O–H groups in total. The van der Waals surface area contributed by atoms with Crippen LogP contribution in [0.25, 0.3) is 0 Å². The number of methoxy groups -OCH3 is 2. The van der Waals surface area contributed by atoms with Crippen molar-refractivity contribution in [3.63, 3.8) is 0 Å². The van der Waals surface area contributed by atoms with Crippen LogP contribution in [0.3, 0.4) is 0 Å². The molecule has 0 aromatic heterocycles. The SMILES string of the molecule is COc1ccc(C(=O)NNS(=O)(=O)c2ccc(C)c(C)c2)cc1OC. The molecule has 1 amide bonds. The summed E-state index contributed by atoms with van der Waals surface area (Å²) in [6, 6.07) is 9.25. The lowest BCUT2D eigenvalue weighted by Crippen LogP contribution is -2.41. The lowest BCUT2D eigenvalue weighted by molar-refractivity contribution is 0.0944. The summed E-state index contributed by atoms with van der Waals surface area (Å²) in [5.41, 5.74) is 4.23. The maximum absolute atomic E-state index is 12.3. The van der Waals surface area contributed by atoms with Crippen LogP contribution >= 0.6 is 0 Å². The first-order valence-corrected chi connectivity index (χ1v) is 8.88. The summed E-state index contributed by atoms with van der Waals surface area (Å²) in [6.45, 7) is 3.70. The van der Waals surface area contributed by atoms with Gasteiger partial charge in [0.1, 0.15) is 0 Å². The number of ether oxygens (including phenoxy) is 2. The number of hydrogen-bond donors (Lipinski definition) is 2. The molecule has 0 fully saturated rings. The number of sulfonamides is 1. The van der Waals surface area contributed by atoms with Crippen molar-refractivity contribution in [3.8, 4) is 11.5 Å². The normalized spacial score (nSPS) is 11.0. The van der Waals surface area contributed by atoms with E-state index in [0.29, 0.717) is 11.5 Å². The molecule has 25 heavy (non-hydrogen) atoms. The van der Waals surface area contributed by atoms with E-state index in [1.165, 1.54) is 32.4 Å². The minimum Gasteiger partial charge on any atom is -0.493 e. The summed E-state index contributed by atoms with van der Waals surface area (Å²) >= 11 is 0. The van der Waals surface area contributed by atoms with Crippen LogP contribution in [-0.2, 0) is 10.0 Å². The Balaban J connectivity index is 2.14. The quantitative estimate of drug-likeness (QED) is 0.764. The van der Waals surface area contributed by atoms with Crippen LogP contribution in [0.2, 0.25) is 0 Å². The summed E-state index contributed by atoms with van der Waals surface area (Å²) < 4.78 is 34.8. The topological polar surface area (TPSA) is 93.7 Å². The molecule has 8 heteroatoms. The average Bonchev–Trinajstić information content (AvgIpc) is 2.61. The zero-order valence-electron chi connectivity index (χ0n) is 14.4. The van der Waals surface area contributed by atoms with Crippen LogP contribution in [0.5, 0.6) is 11.5 Å². The molecule has 0 unspecified atom stereocenters. The molecule has 7 nitrogen and oxygen atoms in total. The van der Waals surface area contributed by atoms with Crippen molar-refractivity contribution in [1.82, 2.24) is 10.3 Å². The third kappa shape index (κ3) is 4.28. The Morgan fingerprint density at radius 1 is 0.920 bits per heavy atom. The average molecular weight is 364 g/mol. The fourth-order valence-electron chi connectivity index (χ4n) is 2.10. The number of benzene rings is 2. The monoisotopic (exact) mass is 364 g/mol. The van der Waals surface area contributed by atoms with Gasteiger partial charge in [-0.2, -0.15) is 0 Å². The van der Waals surface area contributed by atoms with Crippen molar-refractivity contribution in [2.45, 2.75) is 18.7 Å². The summed E-state index contributed by atoms with van der Waals surface area (Å²) in [4.78, 5) is 14.3. The Labute approximate surface area is 147 Å². The van der Waals surface area contributed by atoms with Gasteiger partial charge in [-0.25, -0.2) is 8.42 Å². The fourth-order valence-corrected chi connectivity index (χ4v) is 3.03. The van der Waals surface area contributed by atoms with E-state index in [1.807, 2.05) is 13.8 Å². The van der Waals surface area contributed by atoms with E-state index in [9.17, 15) is 13.2 Å². The Morgan fingerprint density at radius 3 is 2.20 bits per heavy atom. The first-order valence-electron chi connectivity index (χ1n) is 7.40. The van der Waals surface area contributed by atoms with Crippen LogP contribution in [-0.4, -0.2) is 28.5 Å². The third-order valence-electron chi connectivity index (χ3n) is 3.73. The van der Waals surface area contributed by atoms with Crippen molar-refractivity contribution >= 4 is 15.9 Å². The van der Waals surface area contributed by atoms with Crippen LogP contribution in [0.4, 0.5) is 0 Å². The zero-order valence-corrected chi connectivity index (χ0v) is 15.2. The largest absolute Gasteiger partial charge is 0.493 e. The van der Waals surface area contributed by atoms with Gasteiger partial charge in [0.25, 0.3) is 15.9 Å². The first-order chi connectivity index (χ1) is 11.8. The van der Waals surface area contributed by atoms with Crippen molar-refractivity contribution in [1.29, 1.82) is 0 Å². The highest BCUT2D eigenvalue weighted by atomic mass is 32.2. The molecule has 0 aliphatic carbocycles. The lowest BCUT2D eigenvalue weighted by Gasteiger charge is -2.11. The molecule has 0 saturated carbocycles. The Morgan fingerprint density at radius 2 is 1.60 bits per heavy atom. The van der Waals surface area contributed by atoms with Crippen LogP contribution < -0.4 is 19.7 Å². The molecular formula is C17H20N2O5S. The summed E-state index contributed by atoms with van der Waals surface area (Å²) in [6.07, 6.45) is 0. The lowest BCUT2D eigenvalue weighted by atomic mass is 10.1. The van der Waals surface area contributed by atoms with Gasteiger partial charge >= 0.3 is 0 Å². The Kier molecular flexibility index (Phi) is 5.66. The highest BCUT2D eigenvalue weighted by Crippen LogP contribution is 2.27. The van der Waals surface area contributed by atoms with Gasteiger partial charge in [0.2, 0.25) is 0 Å². The van der Waals surface area contributed by atoms with Gasteiger partial charge in [-0.1, -0.05) is 6.07 Å². The highest BCUT2D eigenvalue weighted by molar-refractivity contribution is 7.89. The van der Waals surface area contributed by atoms with Gasteiger partial charge in [0, 0.05) is 5.56 Å². The Hall–Kier alpha value is -2.58. The molecule has 0 radical (unpaired) electrons. The van der Waals surface area contributed by atoms with E-state index in [-0.39, 0.29) is 10.5 Å². The minimum absolute atomic E-state index is 0.0724. The van der Waals surface area contributed by atoms with Gasteiger partial charge < -0.3 is 9.47 Å². The standard InChI is InChI=1S/C17H20N2O5S/c1-11-5-7-14(9-12(11)2)25(21,22)19-18-17(20)13-6-8-15(23-3)16(10-13)24-4/h5-10,19H,1-4H3,(H,18,20). The molecule has 0 saturated heterocycles. The summed E-state index contributed by atoms with van der Waals surface area (Å²) in [7, 11) is -0.941. The molecule has 2 rings (SSSR count). The van der Waals surface area contributed by atoms with Crippen molar-refractivity contribution in [2.24, 2.45) is 0 Å². The number of amides is 1. The van der Waals surface area contributed by atoms with Gasteiger partial charge in [0.05, 0.1) is 19.1 Å². The van der Waals surface area contributed by atoms with E-state index in [2.05, 4.69) is 10.3 Å². The number of rotatable bonds is 6. The summed E-state index contributed by atoms with van der Waals surface area (Å²) in [5, 5.41) is 0. The van der Waals surface area contributed by atoms with Crippen LogP contribution in [0.1, 0.15) is 21.5 Å². The van der Waals surface area contributed by atoms with Crippen LogP contribution in [0.15, 0.2) is 41.3 Å². The van der Waals surface area contributed by atoms with E-state index in [0.717, 1.165) is 11.1 Å². The number of carbonyl (C=O) groups is 1. The molecule has 0 atom stereocenters. The van der Waals surface area contributed by atoms with E-state index >= 15 is 0 Å². The number of nitrogens with one attached hydrogen (secondary N) is 2. The predicted octanol–water partition coefficient (Wildman–Crippen LogP) is 1.94. The van der Waals surface area contributed by atoms with Gasteiger partial charge in [-0.05, 0) is 55.3 Å². The third-order valence-corrected chi connectivity index (χ3v) is 4.98. The molecule has 0 aliphatic rings. The van der Waals surface area contributed by atoms with Gasteiger partial charge in [0.15, 0.2) is 11.5 Å². The maximum atomic E-state index is 12.3. The molecule has 134 valence electrons. The molecule has 0 bridgehead atoms. The van der Waals surface area contributed by atoms with Gasteiger partial charge in [-0.3, -0.25) is 10.2 Å². The number of aryl methyl sites for hydroxylation is 2. The fraction of sp³-hybridized carbons (Fsp3) is 0.235. The first kappa shape index (κ1) is 18.8. The molecule has 2 aromatic rings. The molecular weight excluding hydrogens is 344 g/mol. The predicted molar refractivity (Wildman–Crippen MR) is 93.2 cm³/mol. The van der Waals surface area contributed by atoms with Crippen molar-refractivity contribution in [3.05, 3.63) is 53.1 Å². The minimum atomic E-state index is -3.87. The maximum Gasteiger partial charge on any atom is 0.266 e. The highest BCUT2D eigenvalue weighted by Gasteiger charge is 2.17. The van der Waals surface area contributed by atoms with E-state index < -0.39 is 15.9 Å². The second kappa shape index (κ2) is 7.54. The van der Waals surface area contributed by atoms with Crippen molar-refractivity contribution < 1.29 is 22.7 Å². The van der Waals surface area contributed by atoms with Gasteiger partial charge in [-0.15, -0.1) is 4.83 Å².